The molecule has 1 amide bonds. The van der Waals surface area contributed by atoms with Crippen molar-refractivity contribution in [3.8, 4) is 0 Å². The molecule has 0 saturated heterocycles. The van der Waals surface area contributed by atoms with Crippen molar-refractivity contribution in [3.63, 3.8) is 0 Å². The smallest absolute Gasteiger partial charge is 0.434 e. The van der Waals surface area contributed by atoms with Gasteiger partial charge in [0.1, 0.15) is 5.01 Å². The zero-order valence-electron chi connectivity index (χ0n) is 13.2. The lowest BCUT2D eigenvalue weighted by Gasteiger charge is -2.16. The summed E-state index contributed by atoms with van der Waals surface area (Å²) in [6, 6.07) is 6.37. The highest BCUT2D eigenvalue weighted by Crippen LogP contribution is 2.30. The lowest BCUT2D eigenvalue weighted by molar-refractivity contribution is -0.140. The van der Waals surface area contributed by atoms with Crippen LogP contribution in [-0.2, 0) is 23.9 Å². The second-order valence-corrected chi connectivity index (χ2v) is 6.28. The highest BCUT2D eigenvalue weighted by Gasteiger charge is 2.33. The van der Waals surface area contributed by atoms with Gasteiger partial charge in [-0.1, -0.05) is 18.2 Å². The lowest BCUT2D eigenvalue weighted by Crippen LogP contribution is -2.26. The number of thiazole rings is 1. The van der Waals surface area contributed by atoms with E-state index in [0.29, 0.717) is 5.56 Å². The fraction of sp³-hybridized carbons (Fsp3) is 0.312. The number of aromatic carboxylic acids is 1. The summed E-state index contributed by atoms with van der Waals surface area (Å²) in [6.07, 6.45) is -4.21. The van der Waals surface area contributed by atoms with E-state index in [-0.39, 0.29) is 35.9 Å². The summed E-state index contributed by atoms with van der Waals surface area (Å²) in [5.74, 6) is -1.37. The van der Waals surface area contributed by atoms with Gasteiger partial charge in [0, 0.05) is 18.8 Å². The van der Waals surface area contributed by atoms with Crippen LogP contribution in [0.15, 0.2) is 29.6 Å². The fourth-order valence-electron chi connectivity index (χ4n) is 2.18. The number of carboxylic acids is 1. The van der Waals surface area contributed by atoms with E-state index in [1.165, 1.54) is 18.0 Å². The first kappa shape index (κ1) is 18.9. The number of benzene rings is 1. The maximum Gasteiger partial charge on any atom is 0.434 e. The van der Waals surface area contributed by atoms with Gasteiger partial charge >= 0.3 is 12.1 Å². The molecule has 0 bridgehead atoms. The van der Waals surface area contributed by atoms with Crippen LogP contribution in [0.5, 0.6) is 0 Å². The Kier molecular flexibility index (Phi) is 5.78. The quantitative estimate of drug-likeness (QED) is 0.843. The van der Waals surface area contributed by atoms with Gasteiger partial charge in [-0.15, -0.1) is 11.3 Å². The number of nitrogens with zero attached hydrogens (tertiary/aromatic N) is 2. The van der Waals surface area contributed by atoms with Crippen molar-refractivity contribution in [2.24, 2.45) is 0 Å². The number of aromatic nitrogens is 1. The summed E-state index contributed by atoms with van der Waals surface area (Å²) in [5.41, 5.74) is -0.304. The van der Waals surface area contributed by atoms with Gasteiger partial charge < -0.3 is 10.0 Å². The van der Waals surface area contributed by atoms with Crippen molar-refractivity contribution < 1.29 is 27.9 Å². The number of hydrogen-bond donors (Lipinski definition) is 1. The molecule has 1 heterocycles. The fourth-order valence-corrected chi connectivity index (χ4v) is 3.04. The topological polar surface area (TPSA) is 70.5 Å². The van der Waals surface area contributed by atoms with Crippen LogP contribution in [0.4, 0.5) is 13.2 Å². The molecule has 1 aromatic carbocycles. The Balaban J connectivity index is 1.95. The Morgan fingerprint density at radius 1 is 1.28 bits per heavy atom. The second-order valence-electron chi connectivity index (χ2n) is 5.34. The summed E-state index contributed by atoms with van der Waals surface area (Å²) < 4.78 is 37.6. The van der Waals surface area contributed by atoms with Crippen molar-refractivity contribution >= 4 is 23.2 Å². The van der Waals surface area contributed by atoms with Crippen LogP contribution in [-0.4, -0.2) is 33.9 Å². The Labute approximate surface area is 145 Å². The monoisotopic (exact) mass is 372 g/mol. The zero-order chi connectivity index (χ0) is 18.6. The van der Waals surface area contributed by atoms with E-state index < -0.39 is 17.8 Å². The van der Waals surface area contributed by atoms with Crippen LogP contribution in [0.1, 0.15) is 33.0 Å². The van der Waals surface area contributed by atoms with Gasteiger partial charge in [-0.3, -0.25) is 4.79 Å². The Morgan fingerprint density at radius 2 is 1.96 bits per heavy atom. The molecule has 0 fully saturated rings. The van der Waals surface area contributed by atoms with Crippen LogP contribution in [0.2, 0.25) is 0 Å². The maximum atomic E-state index is 12.5. The molecule has 0 spiro atoms. The Morgan fingerprint density at radius 3 is 2.56 bits per heavy atom. The third-order valence-electron chi connectivity index (χ3n) is 3.50. The molecular weight excluding hydrogens is 357 g/mol. The molecule has 0 aliphatic rings. The first-order chi connectivity index (χ1) is 11.7. The molecule has 2 rings (SSSR count). The molecule has 0 unspecified atom stereocenters. The SMILES string of the molecule is CN(Cc1nc(C(F)(F)F)cs1)C(=O)CCc1ccccc1C(=O)O. The van der Waals surface area contributed by atoms with Crippen LogP contribution < -0.4 is 0 Å². The predicted octanol–water partition coefficient (Wildman–Crippen LogP) is 3.45. The second kappa shape index (κ2) is 7.64. The average Bonchev–Trinajstić information content (AvgIpc) is 3.01. The minimum Gasteiger partial charge on any atom is -0.478 e. The number of halogens is 3. The number of carbonyl (C=O) groups excluding carboxylic acids is 1. The maximum absolute atomic E-state index is 12.5. The van der Waals surface area contributed by atoms with E-state index in [1.54, 1.807) is 18.2 Å². The van der Waals surface area contributed by atoms with Crippen molar-refractivity contribution in [1.29, 1.82) is 0 Å². The molecule has 1 aromatic heterocycles. The first-order valence-corrected chi connectivity index (χ1v) is 8.13. The van der Waals surface area contributed by atoms with Gasteiger partial charge in [0.05, 0.1) is 12.1 Å². The molecule has 5 nitrogen and oxygen atoms in total. The van der Waals surface area contributed by atoms with Crippen LogP contribution in [0.3, 0.4) is 0 Å². The van der Waals surface area contributed by atoms with Gasteiger partial charge in [0.15, 0.2) is 5.69 Å². The van der Waals surface area contributed by atoms with E-state index in [9.17, 15) is 22.8 Å². The minimum absolute atomic E-state index is 0.0276. The van der Waals surface area contributed by atoms with Crippen LogP contribution in [0.25, 0.3) is 0 Å². The van der Waals surface area contributed by atoms with Crippen molar-refractivity contribution in [1.82, 2.24) is 9.88 Å². The summed E-state index contributed by atoms with van der Waals surface area (Å²) in [5, 5.41) is 10.2. The molecule has 25 heavy (non-hydrogen) atoms. The summed E-state index contributed by atoms with van der Waals surface area (Å²) in [7, 11) is 1.47. The normalized spacial score (nSPS) is 11.4. The van der Waals surface area contributed by atoms with E-state index in [2.05, 4.69) is 4.98 Å². The first-order valence-electron chi connectivity index (χ1n) is 7.25. The molecule has 0 saturated carbocycles. The van der Waals surface area contributed by atoms with Crippen LogP contribution >= 0.6 is 11.3 Å². The molecule has 0 radical (unpaired) electrons. The predicted molar refractivity (Wildman–Crippen MR) is 85.3 cm³/mol. The molecule has 0 aliphatic carbocycles. The largest absolute Gasteiger partial charge is 0.478 e. The number of amides is 1. The lowest BCUT2D eigenvalue weighted by atomic mass is 10.0. The summed E-state index contributed by atoms with van der Waals surface area (Å²) in [4.78, 5) is 28.0. The number of carboxylic acid groups (broad SMARTS) is 1. The van der Waals surface area contributed by atoms with E-state index in [0.717, 1.165) is 16.7 Å². The molecule has 134 valence electrons. The van der Waals surface area contributed by atoms with Crippen LogP contribution in [0, 0.1) is 0 Å². The van der Waals surface area contributed by atoms with Gasteiger partial charge in [-0.05, 0) is 18.1 Å². The number of carbonyl (C=O) groups is 2. The number of aryl methyl sites for hydroxylation is 1. The molecule has 2 aromatic rings. The average molecular weight is 372 g/mol. The number of alkyl halides is 3. The van der Waals surface area contributed by atoms with Crippen molar-refractivity contribution in [2.75, 3.05) is 7.05 Å². The summed E-state index contributed by atoms with van der Waals surface area (Å²) in [6.45, 7) is -0.0276. The molecule has 0 atom stereocenters. The minimum atomic E-state index is -4.50. The van der Waals surface area contributed by atoms with Gasteiger partial charge in [-0.25, -0.2) is 9.78 Å². The third kappa shape index (κ3) is 5.02. The molecule has 9 heteroatoms. The third-order valence-corrected chi connectivity index (χ3v) is 4.33. The molecular formula is C16H15F3N2O3S. The standard InChI is InChI=1S/C16H15F3N2O3S/c1-21(8-13-20-12(9-25-13)16(17,18)19)14(22)7-6-10-4-2-3-5-11(10)15(23)24/h2-5,9H,6-8H2,1H3,(H,23,24). The molecule has 0 aliphatic heterocycles. The van der Waals surface area contributed by atoms with Crippen molar-refractivity contribution in [2.45, 2.75) is 25.6 Å². The Hall–Kier alpha value is -2.42. The highest BCUT2D eigenvalue weighted by atomic mass is 32.1. The number of rotatable bonds is 6. The van der Waals surface area contributed by atoms with Crippen molar-refractivity contribution in [3.05, 3.63) is 51.5 Å². The van der Waals surface area contributed by atoms with Gasteiger partial charge in [0.2, 0.25) is 5.91 Å². The van der Waals surface area contributed by atoms with E-state index in [4.69, 9.17) is 5.11 Å². The Bertz CT molecular complexity index is 774. The highest BCUT2D eigenvalue weighted by molar-refractivity contribution is 7.09. The number of hydrogen-bond acceptors (Lipinski definition) is 4. The summed E-state index contributed by atoms with van der Waals surface area (Å²) >= 11 is 0.840. The van der Waals surface area contributed by atoms with Gasteiger partial charge in [0.25, 0.3) is 0 Å². The van der Waals surface area contributed by atoms with E-state index >= 15 is 0 Å². The zero-order valence-corrected chi connectivity index (χ0v) is 14.0. The van der Waals surface area contributed by atoms with E-state index in [1.807, 2.05) is 0 Å². The van der Waals surface area contributed by atoms with Gasteiger partial charge in [-0.2, -0.15) is 13.2 Å². The molecule has 1 N–H and O–H groups in total.